The van der Waals surface area contributed by atoms with Crippen molar-refractivity contribution in [3.63, 3.8) is 0 Å². The van der Waals surface area contributed by atoms with E-state index in [-0.39, 0.29) is 22.9 Å². The maximum absolute atomic E-state index is 12.2. The van der Waals surface area contributed by atoms with E-state index in [4.69, 9.17) is 4.42 Å². The highest BCUT2D eigenvalue weighted by Gasteiger charge is 2.28. The molecule has 8 heteroatoms. The fourth-order valence-corrected chi connectivity index (χ4v) is 2.40. The van der Waals surface area contributed by atoms with Gasteiger partial charge in [-0.1, -0.05) is 0 Å². The average Bonchev–Trinajstić information content (AvgIpc) is 3.06. The van der Waals surface area contributed by atoms with Crippen molar-refractivity contribution >= 4 is 17.2 Å². The Labute approximate surface area is 123 Å². The van der Waals surface area contributed by atoms with E-state index in [0.29, 0.717) is 0 Å². The van der Waals surface area contributed by atoms with Crippen molar-refractivity contribution in [2.75, 3.05) is 6.54 Å². The average molecular weight is 317 g/mol. The lowest BCUT2D eigenvalue weighted by Gasteiger charge is -2.21. The van der Waals surface area contributed by atoms with E-state index in [1.807, 2.05) is 0 Å². The molecule has 1 unspecified atom stereocenters. The summed E-state index contributed by atoms with van der Waals surface area (Å²) in [6.45, 7) is -1.67. The third kappa shape index (κ3) is 3.79. The first-order valence-electron chi connectivity index (χ1n) is 5.97. The molecule has 2 N–H and O–H groups in total. The molecule has 0 aliphatic heterocycles. The minimum atomic E-state index is -3.00. The van der Waals surface area contributed by atoms with Crippen LogP contribution in [-0.4, -0.2) is 24.2 Å². The van der Waals surface area contributed by atoms with Gasteiger partial charge in [0.2, 0.25) is 0 Å². The van der Waals surface area contributed by atoms with Gasteiger partial charge in [-0.05, 0) is 30.5 Å². The summed E-state index contributed by atoms with van der Waals surface area (Å²) in [6.07, 6.45) is 1.40. The normalized spacial score (nSPS) is 14.0. The summed E-state index contributed by atoms with van der Waals surface area (Å²) in [7, 11) is 0. The van der Waals surface area contributed by atoms with Crippen molar-refractivity contribution < 1.29 is 27.8 Å². The van der Waals surface area contributed by atoms with Gasteiger partial charge in [0, 0.05) is 0 Å². The monoisotopic (exact) mass is 317 g/mol. The van der Waals surface area contributed by atoms with Crippen molar-refractivity contribution in [1.82, 2.24) is 5.32 Å². The number of carbonyl (C=O) groups is 1. The predicted octanol–water partition coefficient (Wildman–Crippen LogP) is 2.58. The minimum absolute atomic E-state index is 0.0190. The highest BCUT2D eigenvalue weighted by Crippen LogP contribution is 2.27. The van der Waals surface area contributed by atoms with Gasteiger partial charge in [0.1, 0.15) is 22.0 Å². The van der Waals surface area contributed by atoms with Crippen molar-refractivity contribution in [2.45, 2.75) is 19.1 Å². The summed E-state index contributed by atoms with van der Waals surface area (Å²) in [5.41, 5.74) is -1.40. The van der Waals surface area contributed by atoms with Gasteiger partial charge >= 0.3 is 6.61 Å². The zero-order chi connectivity index (χ0) is 15.5. The maximum atomic E-state index is 12.2. The largest absolute Gasteiger partial charge is 0.466 e. The van der Waals surface area contributed by atoms with E-state index in [1.165, 1.54) is 24.6 Å². The molecule has 1 atom stereocenters. The number of alkyl halides is 2. The molecule has 2 aromatic heterocycles. The van der Waals surface area contributed by atoms with Crippen LogP contribution in [0.5, 0.6) is 5.75 Å². The molecule has 0 fully saturated rings. The molecular weight excluding hydrogens is 304 g/mol. The third-order valence-electron chi connectivity index (χ3n) is 2.70. The third-order valence-corrected chi connectivity index (χ3v) is 3.59. The Kier molecular flexibility index (Phi) is 4.59. The van der Waals surface area contributed by atoms with Crippen LogP contribution in [0.25, 0.3) is 0 Å². The van der Waals surface area contributed by atoms with Crippen LogP contribution in [-0.2, 0) is 5.60 Å². The van der Waals surface area contributed by atoms with Crippen LogP contribution in [0.3, 0.4) is 0 Å². The van der Waals surface area contributed by atoms with E-state index < -0.39 is 18.1 Å². The van der Waals surface area contributed by atoms with E-state index in [1.54, 1.807) is 12.1 Å². The Hall–Kier alpha value is -1.93. The number of carbonyl (C=O) groups excluding carboxylic acids is 1. The first-order valence-corrected chi connectivity index (χ1v) is 6.85. The molecule has 0 bridgehead atoms. The first kappa shape index (κ1) is 15.5. The lowest BCUT2D eigenvalue weighted by atomic mass is 10.0. The molecule has 1 amide bonds. The Bertz CT molecular complexity index is 595. The summed E-state index contributed by atoms with van der Waals surface area (Å²) in [6, 6.07) is 4.47. The fourth-order valence-electron chi connectivity index (χ4n) is 1.66. The molecule has 0 saturated carbocycles. The number of nitrogens with one attached hydrogen (secondary N) is 1. The van der Waals surface area contributed by atoms with E-state index in [9.17, 15) is 18.7 Å². The number of hydrogen-bond acceptors (Lipinski definition) is 5. The summed E-state index contributed by atoms with van der Waals surface area (Å²) in [4.78, 5) is 12.0. The SMILES string of the molecule is CC(O)(CNC(=O)c1sccc1OC(F)F)c1ccco1. The minimum Gasteiger partial charge on any atom is -0.466 e. The lowest BCUT2D eigenvalue weighted by molar-refractivity contribution is -0.0498. The zero-order valence-corrected chi connectivity index (χ0v) is 11.8. The number of amides is 1. The highest BCUT2D eigenvalue weighted by molar-refractivity contribution is 7.12. The summed E-state index contributed by atoms with van der Waals surface area (Å²) in [5.74, 6) is -0.504. The number of ether oxygens (including phenoxy) is 1. The number of furan rings is 1. The van der Waals surface area contributed by atoms with Gasteiger partial charge in [-0.3, -0.25) is 4.79 Å². The molecule has 21 heavy (non-hydrogen) atoms. The van der Waals surface area contributed by atoms with Crippen LogP contribution in [0.15, 0.2) is 34.3 Å². The maximum Gasteiger partial charge on any atom is 0.387 e. The summed E-state index contributed by atoms with van der Waals surface area (Å²) < 4.78 is 33.7. The molecular formula is C13H13F2NO4S. The zero-order valence-electron chi connectivity index (χ0n) is 11.0. The smallest absolute Gasteiger partial charge is 0.387 e. The Morgan fingerprint density at radius 3 is 2.95 bits per heavy atom. The molecule has 5 nitrogen and oxygen atoms in total. The topological polar surface area (TPSA) is 71.7 Å². The van der Waals surface area contributed by atoms with Crippen LogP contribution < -0.4 is 10.1 Å². The van der Waals surface area contributed by atoms with Crippen LogP contribution in [0.1, 0.15) is 22.4 Å². The second-order valence-electron chi connectivity index (χ2n) is 4.43. The molecule has 0 aliphatic carbocycles. The van der Waals surface area contributed by atoms with Gasteiger partial charge in [-0.25, -0.2) is 0 Å². The molecule has 2 aromatic rings. The molecule has 0 spiro atoms. The van der Waals surface area contributed by atoms with Gasteiger partial charge in [-0.2, -0.15) is 8.78 Å². The Morgan fingerprint density at radius 2 is 2.33 bits per heavy atom. The standard InChI is InChI=1S/C13H13F2NO4S/c1-13(18,9-3-2-5-19-9)7-16-11(17)10-8(4-6-21-10)20-12(14)15/h2-6,12,18H,7H2,1H3,(H,16,17). The molecule has 2 heterocycles. The number of rotatable bonds is 6. The molecule has 114 valence electrons. The van der Waals surface area contributed by atoms with Crippen molar-refractivity contribution in [3.8, 4) is 5.75 Å². The number of hydrogen-bond donors (Lipinski definition) is 2. The Morgan fingerprint density at radius 1 is 1.57 bits per heavy atom. The predicted molar refractivity (Wildman–Crippen MR) is 71.6 cm³/mol. The number of thiophene rings is 1. The van der Waals surface area contributed by atoms with Crippen LogP contribution in [0.4, 0.5) is 8.78 Å². The number of aliphatic hydroxyl groups is 1. The van der Waals surface area contributed by atoms with Crippen molar-refractivity contribution in [2.24, 2.45) is 0 Å². The fraction of sp³-hybridized carbons (Fsp3) is 0.308. The lowest BCUT2D eigenvalue weighted by Crippen LogP contribution is -2.38. The molecule has 0 aliphatic rings. The van der Waals surface area contributed by atoms with Crippen LogP contribution in [0.2, 0.25) is 0 Å². The Balaban J connectivity index is 2.01. The molecule has 0 radical (unpaired) electrons. The quantitative estimate of drug-likeness (QED) is 0.859. The van der Waals surface area contributed by atoms with Gasteiger partial charge in [-0.15, -0.1) is 11.3 Å². The van der Waals surface area contributed by atoms with Crippen LogP contribution >= 0.6 is 11.3 Å². The van der Waals surface area contributed by atoms with E-state index >= 15 is 0 Å². The molecule has 2 rings (SSSR count). The van der Waals surface area contributed by atoms with E-state index in [2.05, 4.69) is 10.1 Å². The van der Waals surface area contributed by atoms with Crippen LogP contribution in [0, 0.1) is 0 Å². The molecule has 0 saturated heterocycles. The summed E-state index contributed by atoms with van der Waals surface area (Å²) in [5, 5.41) is 14.1. The first-order chi connectivity index (χ1) is 9.90. The van der Waals surface area contributed by atoms with Crippen molar-refractivity contribution in [3.05, 3.63) is 40.5 Å². The van der Waals surface area contributed by atoms with Gasteiger partial charge < -0.3 is 19.6 Å². The van der Waals surface area contributed by atoms with E-state index in [0.717, 1.165) is 11.3 Å². The summed E-state index contributed by atoms with van der Waals surface area (Å²) >= 11 is 0.972. The second kappa shape index (κ2) is 6.23. The number of halogens is 2. The second-order valence-corrected chi connectivity index (χ2v) is 5.34. The van der Waals surface area contributed by atoms with Crippen molar-refractivity contribution in [1.29, 1.82) is 0 Å². The van der Waals surface area contributed by atoms with Gasteiger partial charge in [0.05, 0.1) is 12.8 Å². The highest BCUT2D eigenvalue weighted by atomic mass is 32.1. The molecule has 0 aromatic carbocycles. The van der Waals surface area contributed by atoms with Gasteiger partial charge in [0.15, 0.2) is 0 Å². The van der Waals surface area contributed by atoms with Gasteiger partial charge in [0.25, 0.3) is 5.91 Å².